The Morgan fingerprint density at radius 2 is 1.56 bits per heavy atom. The molecule has 4 nitrogen and oxygen atoms in total. The minimum atomic E-state index is -0.414. The van der Waals surface area contributed by atoms with E-state index >= 15 is 0 Å². The van der Waals surface area contributed by atoms with E-state index in [0.717, 1.165) is 26.1 Å². The molecule has 0 amide bonds. The van der Waals surface area contributed by atoms with Gasteiger partial charge in [-0.05, 0) is 27.7 Å². The van der Waals surface area contributed by atoms with Gasteiger partial charge in [-0.3, -0.25) is 0 Å². The summed E-state index contributed by atoms with van der Waals surface area (Å²) in [7, 11) is 1.72. The average molecular weight is 257 g/mol. The number of nitrogens with one attached hydrogen (secondary N) is 1. The molecule has 1 spiro atoms. The highest BCUT2D eigenvalue weighted by molar-refractivity contribution is 5.02. The average Bonchev–Trinajstić information content (AvgIpc) is 2.17. The molecule has 0 aromatic carbocycles. The number of rotatable bonds is 2. The molecular formula is C14H27NO3. The topological polar surface area (TPSA) is 39.7 Å². The maximum Gasteiger partial charge on any atom is 0.171 e. The normalized spacial score (nSPS) is 30.5. The van der Waals surface area contributed by atoms with E-state index in [1.165, 1.54) is 0 Å². The molecule has 2 rings (SSSR count). The Balaban J connectivity index is 2.04. The first-order valence-electron chi connectivity index (χ1n) is 6.82. The lowest BCUT2D eigenvalue weighted by atomic mass is 9.78. The number of piperidine rings is 1. The van der Waals surface area contributed by atoms with Gasteiger partial charge >= 0.3 is 0 Å². The molecule has 2 fully saturated rings. The molecule has 4 heteroatoms. The second-order valence-electron chi connectivity index (χ2n) is 7.10. The van der Waals surface area contributed by atoms with E-state index in [1.54, 1.807) is 7.11 Å². The lowest BCUT2D eigenvalue weighted by molar-refractivity contribution is -0.313. The van der Waals surface area contributed by atoms with E-state index in [0.29, 0.717) is 12.5 Å². The van der Waals surface area contributed by atoms with Crippen LogP contribution in [0.2, 0.25) is 0 Å². The summed E-state index contributed by atoms with van der Waals surface area (Å²) < 4.78 is 17.4. The molecule has 0 radical (unpaired) electrons. The maximum atomic E-state index is 6.10. The number of methoxy groups -OCH3 is 1. The molecule has 2 heterocycles. The Morgan fingerprint density at radius 3 is 2.00 bits per heavy atom. The van der Waals surface area contributed by atoms with Crippen molar-refractivity contribution in [2.75, 3.05) is 26.9 Å². The lowest BCUT2D eigenvalue weighted by Gasteiger charge is -2.54. The second kappa shape index (κ2) is 4.75. The van der Waals surface area contributed by atoms with E-state index in [9.17, 15) is 0 Å². The highest BCUT2D eigenvalue weighted by atomic mass is 16.7. The molecule has 0 unspecified atom stereocenters. The fourth-order valence-electron chi connectivity index (χ4n) is 3.58. The Morgan fingerprint density at radius 1 is 1.06 bits per heavy atom. The zero-order valence-electron chi connectivity index (χ0n) is 12.3. The summed E-state index contributed by atoms with van der Waals surface area (Å²) in [5, 5.41) is 3.66. The smallest absolute Gasteiger partial charge is 0.171 e. The van der Waals surface area contributed by atoms with Gasteiger partial charge in [-0.25, -0.2) is 0 Å². The van der Waals surface area contributed by atoms with Gasteiger partial charge in [0, 0.05) is 36.9 Å². The number of hydrogen-bond donors (Lipinski definition) is 1. The van der Waals surface area contributed by atoms with Crippen molar-refractivity contribution in [3.63, 3.8) is 0 Å². The zero-order chi connectivity index (χ0) is 13.4. The van der Waals surface area contributed by atoms with E-state index < -0.39 is 5.79 Å². The Hall–Kier alpha value is -0.160. The van der Waals surface area contributed by atoms with Crippen molar-refractivity contribution >= 4 is 0 Å². The minimum Gasteiger partial charge on any atom is -0.384 e. The zero-order valence-corrected chi connectivity index (χ0v) is 12.3. The largest absolute Gasteiger partial charge is 0.384 e. The summed E-state index contributed by atoms with van der Waals surface area (Å²) in [6.07, 6.45) is 1.78. The fraction of sp³-hybridized carbons (Fsp3) is 1.00. The standard InChI is InChI=1S/C14H27NO3/c1-12(2)9-14(10-13(3,4)15-12)17-7-11(6-16-5)8-18-14/h11,15H,6-10H2,1-5H3. The van der Waals surface area contributed by atoms with Crippen molar-refractivity contribution in [2.45, 2.75) is 57.4 Å². The first-order valence-corrected chi connectivity index (χ1v) is 6.82. The fourth-order valence-corrected chi connectivity index (χ4v) is 3.58. The molecule has 106 valence electrons. The molecule has 2 aliphatic rings. The van der Waals surface area contributed by atoms with Gasteiger partial charge in [0.25, 0.3) is 0 Å². The highest BCUT2D eigenvalue weighted by Gasteiger charge is 2.50. The SMILES string of the molecule is COCC1COC2(CC(C)(C)NC(C)(C)C2)OC1. The first kappa shape index (κ1) is 14.3. The van der Waals surface area contributed by atoms with Gasteiger partial charge in [0.1, 0.15) is 0 Å². The summed E-state index contributed by atoms with van der Waals surface area (Å²) in [6.45, 7) is 11.0. The third-order valence-electron chi connectivity index (χ3n) is 3.67. The van der Waals surface area contributed by atoms with Crippen molar-refractivity contribution in [2.24, 2.45) is 5.92 Å². The first-order chi connectivity index (χ1) is 8.26. The quantitative estimate of drug-likeness (QED) is 0.820. The van der Waals surface area contributed by atoms with Crippen molar-refractivity contribution in [1.29, 1.82) is 0 Å². The van der Waals surface area contributed by atoms with Crippen LogP contribution in [0.15, 0.2) is 0 Å². The van der Waals surface area contributed by atoms with Crippen LogP contribution in [0.3, 0.4) is 0 Å². The van der Waals surface area contributed by atoms with E-state index in [2.05, 4.69) is 33.0 Å². The van der Waals surface area contributed by atoms with Crippen LogP contribution in [0, 0.1) is 5.92 Å². The molecule has 0 aliphatic carbocycles. The molecule has 0 bridgehead atoms. The molecular weight excluding hydrogens is 230 g/mol. The Kier molecular flexibility index (Phi) is 3.76. The summed E-state index contributed by atoms with van der Waals surface area (Å²) >= 11 is 0. The van der Waals surface area contributed by atoms with Crippen LogP contribution in [0.1, 0.15) is 40.5 Å². The van der Waals surface area contributed by atoms with E-state index in [-0.39, 0.29) is 11.1 Å². The van der Waals surface area contributed by atoms with Crippen LogP contribution < -0.4 is 5.32 Å². The minimum absolute atomic E-state index is 0.0375. The Labute approximate surface area is 110 Å². The maximum absolute atomic E-state index is 6.10. The van der Waals surface area contributed by atoms with Crippen LogP contribution in [-0.4, -0.2) is 43.8 Å². The monoisotopic (exact) mass is 257 g/mol. The number of hydrogen-bond acceptors (Lipinski definition) is 4. The van der Waals surface area contributed by atoms with Crippen LogP contribution >= 0.6 is 0 Å². The molecule has 1 N–H and O–H groups in total. The molecule has 2 saturated heterocycles. The van der Waals surface area contributed by atoms with Crippen LogP contribution in [0.5, 0.6) is 0 Å². The molecule has 18 heavy (non-hydrogen) atoms. The van der Waals surface area contributed by atoms with Gasteiger partial charge in [0.15, 0.2) is 5.79 Å². The van der Waals surface area contributed by atoms with E-state index in [1.807, 2.05) is 0 Å². The van der Waals surface area contributed by atoms with Gasteiger partial charge < -0.3 is 19.5 Å². The summed E-state index contributed by atoms with van der Waals surface area (Å²) in [4.78, 5) is 0. The van der Waals surface area contributed by atoms with Gasteiger partial charge in [0.2, 0.25) is 0 Å². The third kappa shape index (κ3) is 3.23. The number of ether oxygens (including phenoxy) is 3. The van der Waals surface area contributed by atoms with Crippen LogP contribution in [-0.2, 0) is 14.2 Å². The molecule has 0 aromatic heterocycles. The molecule has 0 saturated carbocycles. The lowest BCUT2D eigenvalue weighted by Crippen LogP contribution is -2.66. The highest BCUT2D eigenvalue weighted by Crippen LogP contribution is 2.41. The predicted octanol–water partition coefficient (Wildman–Crippen LogP) is 1.93. The Bertz CT molecular complexity index is 275. The van der Waals surface area contributed by atoms with Crippen molar-refractivity contribution < 1.29 is 14.2 Å². The summed E-state index contributed by atoms with van der Waals surface area (Å²) in [5.41, 5.74) is 0.0751. The van der Waals surface area contributed by atoms with Gasteiger partial charge in [-0.2, -0.15) is 0 Å². The van der Waals surface area contributed by atoms with Crippen molar-refractivity contribution in [3.05, 3.63) is 0 Å². The summed E-state index contributed by atoms with van der Waals surface area (Å²) in [5.74, 6) is -0.0515. The van der Waals surface area contributed by atoms with Crippen molar-refractivity contribution in [3.8, 4) is 0 Å². The van der Waals surface area contributed by atoms with Crippen LogP contribution in [0.4, 0.5) is 0 Å². The van der Waals surface area contributed by atoms with Crippen LogP contribution in [0.25, 0.3) is 0 Å². The van der Waals surface area contributed by atoms with Gasteiger partial charge in [-0.1, -0.05) is 0 Å². The summed E-state index contributed by atoms with van der Waals surface area (Å²) in [6, 6.07) is 0. The molecule has 0 aromatic rings. The third-order valence-corrected chi connectivity index (χ3v) is 3.67. The predicted molar refractivity (Wildman–Crippen MR) is 70.5 cm³/mol. The van der Waals surface area contributed by atoms with Crippen molar-refractivity contribution in [1.82, 2.24) is 5.32 Å². The van der Waals surface area contributed by atoms with Gasteiger partial charge in [-0.15, -0.1) is 0 Å². The van der Waals surface area contributed by atoms with Gasteiger partial charge in [0.05, 0.1) is 19.8 Å². The van der Waals surface area contributed by atoms with E-state index in [4.69, 9.17) is 14.2 Å². The molecule has 0 atom stereocenters. The second-order valence-corrected chi connectivity index (χ2v) is 7.10. The molecule has 2 aliphatic heterocycles.